The monoisotopic (exact) mass is 271 g/mol. The van der Waals surface area contributed by atoms with Gasteiger partial charge < -0.3 is 14.8 Å². The summed E-state index contributed by atoms with van der Waals surface area (Å²) in [6.07, 6.45) is 6.14. The SMILES string of the molecule is COc1ccc(Oc2ncc(CNC3CC3)cn2)cc1. The maximum Gasteiger partial charge on any atom is 0.321 e. The van der Waals surface area contributed by atoms with Crippen LogP contribution in [0.5, 0.6) is 17.5 Å². The maximum absolute atomic E-state index is 5.57. The summed E-state index contributed by atoms with van der Waals surface area (Å²) in [7, 11) is 1.63. The summed E-state index contributed by atoms with van der Waals surface area (Å²) in [5.41, 5.74) is 1.07. The van der Waals surface area contributed by atoms with Crippen LogP contribution in [0, 0.1) is 0 Å². The standard InChI is InChI=1S/C15H17N3O2/c1-19-13-4-6-14(7-5-13)20-15-17-9-11(10-18-15)8-16-12-2-3-12/h4-7,9-10,12,16H,2-3,8H2,1H3. The second kappa shape index (κ2) is 5.88. The van der Waals surface area contributed by atoms with E-state index in [1.165, 1.54) is 12.8 Å². The third kappa shape index (κ3) is 3.45. The van der Waals surface area contributed by atoms with Gasteiger partial charge >= 0.3 is 6.01 Å². The Hall–Kier alpha value is -2.14. The Bertz CT molecular complexity index is 550. The van der Waals surface area contributed by atoms with Crippen LogP contribution in [0.1, 0.15) is 18.4 Å². The Morgan fingerprint density at radius 1 is 1.10 bits per heavy atom. The summed E-state index contributed by atoms with van der Waals surface area (Å²) < 4.78 is 10.7. The van der Waals surface area contributed by atoms with Crippen molar-refractivity contribution < 1.29 is 9.47 Å². The van der Waals surface area contributed by atoms with E-state index in [-0.39, 0.29) is 0 Å². The van der Waals surface area contributed by atoms with Crippen LogP contribution in [0.15, 0.2) is 36.7 Å². The predicted molar refractivity (Wildman–Crippen MR) is 75.0 cm³/mol. The molecule has 0 radical (unpaired) electrons. The third-order valence-electron chi connectivity index (χ3n) is 3.12. The molecule has 1 aliphatic rings. The van der Waals surface area contributed by atoms with E-state index in [4.69, 9.17) is 9.47 Å². The number of ether oxygens (including phenoxy) is 2. The number of nitrogens with zero attached hydrogens (tertiary/aromatic N) is 2. The first-order valence-corrected chi connectivity index (χ1v) is 6.70. The molecule has 1 N–H and O–H groups in total. The van der Waals surface area contributed by atoms with E-state index in [2.05, 4.69) is 15.3 Å². The highest BCUT2D eigenvalue weighted by Crippen LogP contribution is 2.21. The molecule has 1 aromatic heterocycles. The molecule has 1 saturated carbocycles. The number of rotatable bonds is 6. The zero-order chi connectivity index (χ0) is 13.8. The molecule has 1 aliphatic carbocycles. The fraction of sp³-hybridized carbons (Fsp3) is 0.333. The molecule has 0 amide bonds. The lowest BCUT2D eigenvalue weighted by Gasteiger charge is -2.06. The van der Waals surface area contributed by atoms with Crippen LogP contribution in [-0.4, -0.2) is 23.1 Å². The van der Waals surface area contributed by atoms with E-state index in [1.54, 1.807) is 19.5 Å². The molecule has 0 aliphatic heterocycles. The number of hydrogen-bond acceptors (Lipinski definition) is 5. The Balaban J connectivity index is 1.58. The first kappa shape index (κ1) is 12.9. The van der Waals surface area contributed by atoms with Crippen LogP contribution in [0.2, 0.25) is 0 Å². The highest BCUT2D eigenvalue weighted by Gasteiger charge is 2.19. The minimum atomic E-state index is 0.352. The first-order valence-electron chi connectivity index (χ1n) is 6.70. The molecule has 20 heavy (non-hydrogen) atoms. The van der Waals surface area contributed by atoms with Crippen LogP contribution in [0.25, 0.3) is 0 Å². The van der Waals surface area contributed by atoms with Gasteiger partial charge in [0.2, 0.25) is 0 Å². The largest absolute Gasteiger partial charge is 0.497 e. The molecule has 1 fully saturated rings. The van der Waals surface area contributed by atoms with Crippen LogP contribution < -0.4 is 14.8 Å². The maximum atomic E-state index is 5.57. The molecule has 0 atom stereocenters. The number of aromatic nitrogens is 2. The van der Waals surface area contributed by atoms with E-state index in [0.717, 1.165) is 17.9 Å². The Labute approximate surface area is 118 Å². The second-order valence-electron chi connectivity index (χ2n) is 4.81. The molecule has 0 spiro atoms. The molecule has 1 heterocycles. The summed E-state index contributed by atoms with van der Waals surface area (Å²) in [5, 5.41) is 3.42. The van der Waals surface area contributed by atoms with Crippen LogP contribution in [-0.2, 0) is 6.54 Å². The number of benzene rings is 1. The normalized spacial score (nSPS) is 14.1. The van der Waals surface area contributed by atoms with Crippen molar-refractivity contribution in [2.45, 2.75) is 25.4 Å². The zero-order valence-corrected chi connectivity index (χ0v) is 11.4. The zero-order valence-electron chi connectivity index (χ0n) is 11.4. The van der Waals surface area contributed by atoms with Gasteiger partial charge in [-0.15, -0.1) is 0 Å². The summed E-state index contributed by atoms with van der Waals surface area (Å²) in [5.74, 6) is 1.48. The topological polar surface area (TPSA) is 56.3 Å². The van der Waals surface area contributed by atoms with Gasteiger partial charge in [0.25, 0.3) is 0 Å². The molecule has 0 unspecified atom stereocenters. The molecule has 5 nitrogen and oxygen atoms in total. The summed E-state index contributed by atoms with van der Waals surface area (Å²) >= 11 is 0. The van der Waals surface area contributed by atoms with E-state index in [9.17, 15) is 0 Å². The van der Waals surface area contributed by atoms with E-state index < -0.39 is 0 Å². The minimum absolute atomic E-state index is 0.352. The van der Waals surface area contributed by atoms with Crippen molar-refractivity contribution in [3.05, 3.63) is 42.2 Å². The summed E-state index contributed by atoms with van der Waals surface area (Å²) in [4.78, 5) is 8.42. The van der Waals surface area contributed by atoms with E-state index in [0.29, 0.717) is 17.8 Å². The summed E-state index contributed by atoms with van der Waals surface area (Å²) in [6, 6.07) is 8.36. The average Bonchev–Trinajstić information content (AvgIpc) is 3.32. The van der Waals surface area contributed by atoms with Gasteiger partial charge in [0, 0.05) is 30.5 Å². The number of hydrogen-bond donors (Lipinski definition) is 1. The van der Waals surface area contributed by atoms with Gasteiger partial charge in [0.15, 0.2) is 0 Å². The molecule has 1 aromatic carbocycles. The van der Waals surface area contributed by atoms with Crippen LogP contribution in [0.4, 0.5) is 0 Å². The highest BCUT2D eigenvalue weighted by atomic mass is 16.5. The molecule has 5 heteroatoms. The van der Waals surface area contributed by atoms with E-state index in [1.807, 2.05) is 24.3 Å². The Morgan fingerprint density at radius 2 is 1.75 bits per heavy atom. The summed E-state index contributed by atoms with van der Waals surface area (Å²) in [6.45, 7) is 0.813. The lowest BCUT2D eigenvalue weighted by Crippen LogP contribution is -2.15. The van der Waals surface area contributed by atoms with Gasteiger partial charge in [0.05, 0.1) is 7.11 Å². The second-order valence-corrected chi connectivity index (χ2v) is 4.81. The minimum Gasteiger partial charge on any atom is -0.497 e. The van der Waals surface area contributed by atoms with Crippen LogP contribution in [0.3, 0.4) is 0 Å². The lowest BCUT2D eigenvalue weighted by molar-refractivity contribution is 0.410. The molecule has 104 valence electrons. The average molecular weight is 271 g/mol. The molecular formula is C15H17N3O2. The predicted octanol–water partition coefficient (Wildman–Crippen LogP) is 2.53. The van der Waals surface area contributed by atoms with Crippen molar-refractivity contribution >= 4 is 0 Å². The van der Waals surface area contributed by atoms with Crippen molar-refractivity contribution in [1.29, 1.82) is 0 Å². The quantitative estimate of drug-likeness (QED) is 0.875. The molecule has 2 aromatic rings. The smallest absolute Gasteiger partial charge is 0.321 e. The molecule has 0 saturated heterocycles. The van der Waals surface area contributed by atoms with E-state index >= 15 is 0 Å². The van der Waals surface area contributed by atoms with Crippen molar-refractivity contribution in [2.75, 3.05) is 7.11 Å². The fourth-order valence-electron chi connectivity index (χ4n) is 1.79. The lowest BCUT2D eigenvalue weighted by atomic mass is 10.3. The van der Waals surface area contributed by atoms with Gasteiger partial charge in [-0.1, -0.05) is 0 Å². The van der Waals surface area contributed by atoms with Gasteiger partial charge in [0.1, 0.15) is 11.5 Å². The van der Waals surface area contributed by atoms with Crippen molar-refractivity contribution in [3.63, 3.8) is 0 Å². The van der Waals surface area contributed by atoms with Gasteiger partial charge in [-0.05, 0) is 37.1 Å². The molecular weight excluding hydrogens is 254 g/mol. The van der Waals surface area contributed by atoms with Gasteiger partial charge in [-0.25, -0.2) is 9.97 Å². The Morgan fingerprint density at radius 3 is 2.35 bits per heavy atom. The fourth-order valence-corrected chi connectivity index (χ4v) is 1.79. The van der Waals surface area contributed by atoms with Gasteiger partial charge in [-0.2, -0.15) is 0 Å². The molecule has 3 rings (SSSR count). The van der Waals surface area contributed by atoms with Crippen molar-refractivity contribution in [1.82, 2.24) is 15.3 Å². The third-order valence-corrected chi connectivity index (χ3v) is 3.12. The van der Waals surface area contributed by atoms with Crippen molar-refractivity contribution in [2.24, 2.45) is 0 Å². The first-order chi connectivity index (χ1) is 9.83. The van der Waals surface area contributed by atoms with Gasteiger partial charge in [-0.3, -0.25) is 0 Å². The van der Waals surface area contributed by atoms with Crippen molar-refractivity contribution in [3.8, 4) is 17.5 Å². The number of nitrogens with one attached hydrogen (secondary N) is 1. The Kier molecular flexibility index (Phi) is 3.78. The molecule has 0 bridgehead atoms. The number of methoxy groups -OCH3 is 1. The highest BCUT2D eigenvalue weighted by molar-refractivity contribution is 5.32. The van der Waals surface area contributed by atoms with Crippen LogP contribution >= 0.6 is 0 Å².